The lowest BCUT2D eigenvalue weighted by molar-refractivity contribution is -0.134. The van der Waals surface area contributed by atoms with Gasteiger partial charge in [0.25, 0.3) is 0 Å². The second-order valence-corrected chi connectivity index (χ2v) is 9.00. The van der Waals surface area contributed by atoms with Gasteiger partial charge in [-0.05, 0) is 62.1 Å². The Balaban J connectivity index is 1.61. The number of hydrogen-bond acceptors (Lipinski definition) is 4. The first kappa shape index (κ1) is 17.3. The molecule has 4 atom stereocenters. The van der Waals surface area contributed by atoms with Crippen molar-refractivity contribution in [2.75, 3.05) is 6.54 Å². The predicted octanol–water partition coefficient (Wildman–Crippen LogP) is 3.65. The van der Waals surface area contributed by atoms with E-state index in [1.54, 1.807) is 0 Å². The van der Waals surface area contributed by atoms with E-state index in [1.165, 1.54) is 30.4 Å². The number of nitrogens with zero attached hydrogens (tertiary/aromatic N) is 1. The maximum absolute atomic E-state index is 12.9. The first-order valence-electron chi connectivity index (χ1n) is 10.7. The number of rotatable bonds is 5. The van der Waals surface area contributed by atoms with E-state index in [4.69, 9.17) is 4.74 Å². The minimum absolute atomic E-state index is 0.227. The minimum Gasteiger partial charge on any atom is -0.480 e. The quantitative estimate of drug-likeness (QED) is 0.866. The van der Waals surface area contributed by atoms with Crippen molar-refractivity contribution in [1.82, 2.24) is 5.32 Å². The van der Waals surface area contributed by atoms with Crippen LogP contribution in [0.5, 0.6) is 5.75 Å². The molecule has 4 nitrogen and oxygen atoms in total. The molecule has 1 aliphatic heterocycles. The number of benzene rings is 1. The zero-order valence-corrected chi connectivity index (χ0v) is 16.1. The molecule has 0 unspecified atom stereocenters. The SMILES string of the molecule is CCC[C@]12c3c4ccc(C#N)c3O[C@H]1C(=O)CC[C@H]2[C@H](NCC1CCC1)C4. The Morgan fingerprint density at radius 2 is 2.19 bits per heavy atom. The summed E-state index contributed by atoms with van der Waals surface area (Å²) in [5.41, 5.74) is 2.84. The third kappa shape index (κ3) is 2.34. The van der Waals surface area contributed by atoms with Gasteiger partial charge in [0.1, 0.15) is 11.8 Å². The average molecular weight is 364 g/mol. The molecule has 0 aromatic heterocycles. The first-order chi connectivity index (χ1) is 13.2. The minimum atomic E-state index is -0.396. The zero-order chi connectivity index (χ0) is 18.6. The second kappa shape index (κ2) is 6.34. The van der Waals surface area contributed by atoms with E-state index in [-0.39, 0.29) is 11.2 Å². The summed E-state index contributed by atoms with van der Waals surface area (Å²) in [7, 11) is 0. The van der Waals surface area contributed by atoms with E-state index >= 15 is 0 Å². The van der Waals surface area contributed by atoms with Crippen LogP contribution in [0.3, 0.4) is 0 Å². The largest absolute Gasteiger partial charge is 0.480 e. The fourth-order valence-electron chi connectivity index (χ4n) is 6.31. The van der Waals surface area contributed by atoms with Gasteiger partial charge in [-0.2, -0.15) is 5.26 Å². The number of nitriles is 1. The van der Waals surface area contributed by atoms with Crippen LogP contribution in [0.4, 0.5) is 0 Å². The molecule has 0 radical (unpaired) electrons. The Morgan fingerprint density at radius 1 is 1.33 bits per heavy atom. The fraction of sp³-hybridized carbons (Fsp3) is 0.652. The number of carbonyl (C=O) groups excluding carboxylic acids is 1. The van der Waals surface area contributed by atoms with Crippen LogP contribution in [0.2, 0.25) is 0 Å². The smallest absolute Gasteiger partial charge is 0.174 e. The van der Waals surface area contributed by atoms with Crippen LogP contribution in [0.15, 0.2) is 12.1 Å². The molecule has 5 rings (SSSR count). The van der Waals surface area contributed by atoms with E-state index in [2.05, 4.69) is 24.4 Å². The number of carbonyl (C=O) groups is 1. The summed E-state index contributed by atoms with van der Waals surface area (Å²) < 4.78 is 6.30. The number of ether oxygens (including phenoxy) is 1. The van der Waals surface area contributed by atoms with Crippen molar-refractivity contribution < 1.29 is 9.53 Å². The zero-order valence-electron chi connectivity index (χ0n) is 16.1. The van der Waals surface area contributed by atoms with Crippen molar-refractivity contribution in [2.24, 2.45) is 11.8 Å². The summed E-state index contributed by atoms with van der Waals surface area (Å²) in [5, 5.41) is 13.5. The molecule has 4 heteroatoms. The van der Waals surface area contributed by atoms with Crippen molar-refractivity contribution in [3.8, 4) is 11.8 Å². The van der Waals surface area contributed by atoms with Gasteiger partial charge in [-0.3, -0.25) is 4.79 Å². The van der Waals surface area contributed by atoms with E-state index < -0.39 is 6.10 Å². The highest BCUT2D eigenvalue weighted by Gasteiger charge is 2.62. The summed E-state index contributed by atoms with van der Waals surface area (Å²) in [6.07, 6.45) is 8.19. The highest BCUT2D eigenvalue weighted by atomic mass is 16.5. The van der Waals surface area contributed by atoms with Crippen LogP contribution >= 0.6 is 0 Å². The van der Waals surface area contributed by atoms with E-state index in [1.807, 2.05) is 6.07 Å². The summed E-state index contributed by atoms with van der Waals surface area (Å²) in [4.78, 5) is 12.9. The monoisotopic (exact) mass is 364 g/mol. The molecule has 2 fully saturated rings. The predicted molar refractivity (Wildman–Crippen MR) is 103 cm³/mol. The number of nitrogens with one attached hydrogen (secondary N) is 1. The Morgan fingerprint density at radius 3 is 2.89 bits per heavy atom. The van der Waals surface area contributed by atoms with E-state index in [0.717, 1.165) is 38.1 Å². The third-order valence-corrected chi connectivity index (χ3v) is 7.67. The van der Waals surface area contributed by atoms with Crippen LogP contribution in [0, 0.1) is 23.2 Å². The van der Waals surface area contributed by atoms with Crippen LogP contribution in [0.1, 0.15) is 68.6 Å². The molecule has 1 aromatic rings. The Kier molecular flexibility index (Phi) is 4.05. The van der Waals surface area contributed by atoms with Gasteiger partial charge < -0.3 is 10.1 Å². The lowest BCUT2D eigenvalue weighted by Crippen LogP contribution is -2.61. The van der Waals surface area contributed by atoms with Crippen molar-refractivity contribution in [3.63, 3.8) is 0 Å². The van der Waals surface area contributed by atoms with Gasteiger partial charge in [0.15, 0.2) is 11.9 Å². The van der Waals surface area contributed by atoms with Crippen molar-refractivity contribution >= 4 is 5.78 Å². The fourth-order valence-corrected chi connectivity index (χ4v) is 6.31. The van der Waals surface area contributed by atoms with Crippen LogP contribution in [-0.4, -0.2) is 24.5 Å². The molecule has 0 spiro atoms. The molecule has 4 aliphatic rings. The van der Waals surface area contributed by atoms with Gasteiger partial charge >= 0.3 is 0 Å². The lowest BCUT2D eigenvalue weighted by atomic mass is 9.53. The van der Waals surface area contributed by atoms with Gasteiger partial charge in [0, 0.05) is 23.4 Å². The summed E-state index contributed by atoms with van der Waals surface area (Å²) in [6.45, 7) is 3.30. The average Bonchev–Trinajstić information content (AvgIpc) is 2.98. The lowest BCUT2D eigenvalue weighted by Gasteiger charge is -2.51. The Labute approximate surface area is 161 Å². The molecule has 0 saturated heterocycles. The molecular formula is C23H28N2O2. The molecular weight excluding hydrogens is 336 g/mol. The van der Waals surface area contributed by atoms with Crippen molar-refractivity contribution in [2.45, 2.75) is 75.9 Å². The summed E-state index contributed by atoms with van der Waals surface area (Å²) in [6, 6.07) is 6.70. The molecule has 0 bridgehead atoms. The van der Waals surface area contributed by atoms with Crippen LogP contribution in [0.25, 0.3) is 0 Å². The Bertz CT molecular complexity index is 822. The molecule has 1 aromatic carbocycles. The molecule has 1 heterocycles. The maximum Gasteiger partial charge on any atom is 0.174 e. The van der Waals surface area contributed by atoms with E-state index in [0.29, 0.717) is 29.7 Å². The highest BCUT2D eigenvalue weighted by molar-refractivity contribution is 5.89. The highest BCUT2D eigenvalue weighted by Crippen LogP contribution is 2.60. The number of Topliss-reactive ketones (excluding diaryl/α,β-unsaturated/α-hetero) is 1. The van der Waals surface area contributed by atoms with E-state index in [9.17, 15) is 10.1 Å². The molecule has 1 N–H and O–H groups in total. The maximum atomic E-state index is 12.9. The van der Waals surface area contributed by atoms with Crippen LogP contribution < -0.4 is 10.1 Å². The third-order valence-electron chi connectivity index (χ3n) is 7.67. The Hall–Kier alpha value is -1.86. The summed E-state index contributed by atoms with van der Waals surface area (Å²) >= 11 is 0. The normalized spacial score (nSPS) is 33.8. The first-order valence-corrected chi connectivity index (χ1v) is 10.7. The second-order valence-electron chi connectivity index (χ2n) is 9.00. The molecule has 27 heavy (non-hydrogen) atoms. The molecule has 0 amide bonds. The van der Waals surface area contributed by atoms with Crippen molar-refractivity contribution in [1.29, 1.82) is 5.26 Å². The van der Waals surface area contributed by atoms with Crippen LogP contribution in [-0.2, 0) is 16.6 Å². The molecule has 142 valence electrons. The van der Waals surface area contributed by atoms with Gasteiger partial charge in [-0.1, -0.05) is 25.8 Å². The number of ketones is 1. The molecule has 3 aliphatic carbocycles. The topological polar surface area (TPSA) is 62.1 Å². The van der Waals surface area contributed by atoms with Gasteiger partial charge in [0.2, 0.25) is 0 Å². The standard InChI is InChI=1S/C23H28N2O2/c1-2-10-23-17-8-9-19(26)22(23)27-21-16(12-24)7-6-15(20(21)23)11-18(17)25-13-14-4-3-5-14/h6-7,14,17-18,22,25H,2-5,8-11,13H2,1H3/t17-,18+,22-,23-/m0/s1. The van der Waals surface area contributed by atoms with Gasteiger partial charge in [-0.25, -0.2) is 0 Å². The number of hydrogen-bond donors (Lipinski definition) is 1. The van der Waals surface area contributed by atoms with Crippen molar-refractivity contribution in [3.05, 3.63) is 28.8 Å². The van der Waals surface area contributed by atoms with Gasteiger partial charge in [0.05, 0.1) is 5.56 Å². The summed E-state index contributed by atoms with van der Waals surface area (Å²) in [5.74, 6) is 2.19. The van der Waals surface area contributed by atoms with Gasteiger partial charge in [-0.15, -0.1) is 0 Å². The molecule has 2 saturated carbocycles.